The zero-order valence-electron chi connectivity index (χ0n) is 26.5. The first-order valence-corrected chi connectivity index (χ1v) is 15.3. The van der Waals surface area contributed by atoms with Gasteiger partial charge in [-0.15, -0.1) is 0 Å². The van der Waals surface area contributed by atoms with Crippen LogP contribution >= 0.6 is 0 Å². The van der Waals surface area contributed by atoms with Crippen LogP contribution in [0.1, 0.15) is 92.0 Å². The van der Waals surface area contributed by atoms with Crippen LogP contribution in [-0.4, -0.2) is 28.1 Å². The van der Waals surface area contributed by atoms with Crippen LogP contribution in [0.25, 0.3) is 0 Å². The highest BCUT2D eigenvalue weighted by Crippen LogP contribution is 2.32. The minimum absolute atomic E-state index is 0.0259. The Hall–Kier alpha value is -2.95. The number of unbranched alkanes of at least 4 members (excludes halogenated alkanes) is 1. The summed E-state index contributed by atoms with van der Waals surface area (Å²) < 4.78 is 6.45. The van der Waals surface area contributed by atoms with Crippen molar-refractivity contribution in [2.45, 2.75) is 106 Å². The average molecular weight is 558 g/mol. The first kappa shape index (κ1) is 32.6. The Kier molecular flexibility index (Phi) is 12.2. The number of aryl methyl sites for hydroxylation is 4. The summed E-state index contributed by atoms with van der Waals surface area (Å²) in [7, 11) is 0. The predicted octanol–water partition coefficient (Wildman–Crippen LogP) is 8.42. The molecule has 0 aromatic heterocycles. The maximum absolute atomic E-state index is 13.8. The minimum atomic E-state index is -0.735. The second kappa shape index (κ2) is 15.3. The highest BCUT2D eigenvalue weighted by atomic mass is 16.5. The van der Waals surface area contributed by atoms with Gasteiger partial charge in [-0.2, -0.15) is 0 Å². The molecule has 4 heteroatoms. The average Bonchev–Trinajstić information content (AvgIpc) is 2.94. The van der Waals surface area contributed by atoms with Gasteiger partial charge in [0.1, 0.15) is 6.10 Å². The summed E-state index contributed by atoms with van der Waals surface area (Å²) in [5, 5.41) is 11.0. The fourth-order valence-electron chi connectivity index (χ4n) is 5.82. The lowest BCUT2D eigenvalue weighted by Gasteiger charge is -2.37. The number of rotatable bonds is 14. The number of carbonyl (C=O) groups excluding carboxylic acids is 1. The molecule has 0 amide bonds. The van der Waals surface area contributed by atoms with E-state index in [0.29, 0.717) is 6.42 Å². The standard InChI is InChI=1S/C37H51NO3/c1-9-10-20-33(35(39)25(2)3)37(40)41-36(31-17-12-11-13-18-31)30(8)38(23-32-19-15-14-16-27(32)5)24-34-28(6)21-26(4)22-29(34)7/h11-19,21-22,25,30,33,35-36,39H,9-10,20,23-24H2,1-8H3/t30-,33-,35-,36-/m0/s1. The van der Waals surface area contributed by atoms with Gasteiger partial charge >= 0.3 is 5.97 Å². The van der Waals surface area contributed by atoms with Crippen LogP contribution in [0.5, 0.6) is 0 Å². The molecule has 0 saturated carbocycles. The molecule has 0 spiro atoms. The summed E-state index contributed by atoms with van der Waals surface area (Å²) in [4.78, 5) is 16.3. The molecule has 3 aromatic rings. The Balaban J connectivity index is 2.04. The van der Waals surface area contributed by atoms with Crippen molar-refractivity contribution in [3.63, 3.8) is 0 Å². The van der Waals surface area contributed by atoms with E-state index < -0.39 is 18.1 Å². The number of hydrogen-bond donors (Lipinski definition) is 1. The number of carbonyl (C=O) groups is 1. The van der Waals surface area contributed by atoms with E-state index in [1.807, 2.05) is 44.2 Å². The van der Waals surface area contributed by atoms with Crippen molar-refractivity contribution < 1.29 is 14.6 Å². The highest BCUT2D eigenvalue weighted by Gasteiger charge is 2.35. The summed E-state index contributed by atoms with van der Waals surface area (Å²) in [5.74, 6) is -0.874. The Morgan fingerprint density at radius 2 is 1.46 bits per heavy atom. The van der Waals surface area contributed by atoms with Crippen molar-refractivity contribution in [3.8, 4) is 0 Å². The quantitative estimate of drug-likeness (QED) is 0.202. The second-order valence-electron chi connectivity index (χ2n) is 12.2. The van der Waals surface area contributed by atoms with Crippen LogP contribution in [0.4, 0.5) is 0 Å². The smallest absolute Gasteiger partial charge is 0.312 e. The van der Waals surface area contributed by atoms with Gasteiger partial charge in [0.15, 0.2) is 0 Å². The first-order chi connectivity index (χ1) is 19.5. The van der Waals surface area contributed by atoms with Crippen LogP contribution in [-0.2, 0) is 22.6 Å². The van der Waals surface area contributed by atoms with Gasteiger partial charge in [-0.05, 0) is 80.3 Å². The van der Waals surface area contributed by atoms with Crippen molar-refractivity contribution in [1.82, 2.24) is 4.90 Å². The summed E-state index contributed by atoms with van der Waals surface area (Å²) in [6.07, 6.45) is 1.25. The molecule has 0 heterocycles. The third-order valence-corrected chi connectivity index (χ3v) is 8.49. The molecule has 0 radical (unpaired) electrons. The monoisotopic (exact) mass is 557 g/mol. The van der Waals surface area contributed by atoms with E-state index in [2.05, 4.69) is 82.8 Å². The number of nitrogens with zero attached hydrogens (tertiary/aromatic N) is 1. The number of hydrogen-bond acceptors (Lipinski definition) is 4. The Bertz CT molecular complexity index is 1230. The maximum atomic E-state index is 13.8. The lowest BCUT2D eigenvalue weighted by Crippen LogP contribution is -2.41. The van der Waals surface area contributed by atoms with Crippen molar-refractivity contribution in [2.75, 3.05) is 0 Å². The topological polar surface area (TPSA) is 49.8 Å². The van der Waals surface area contributed by atoms with Crippen molar-refractivity contribution in [2.24, 2.45) is 11.8 Å². The van der Waals surface area contributed by atoms with E-state index >= 15 is 0 Å². The molecule has 3 rings (SSSR count). The van der Waals surface area contributed by atoms with E-state index in [1.165, 1.54) is 33.4 Å². The van der Waals surface area contributed by atoms with Crippen molar-refractivity contribution >= 4 is 5.97 Å². The van der Waals surface area contributed by atoms with Gasteiger partial charge in [0.25, 0.3) is 0 Å². The molecular formula is C37H51NO3. The summed E-state index contributed by atoms with van der Waals surface area (Å²) in [6.45, 7) is 18.3. The van der Waals surface area contributed by atoms with Gasteiger partial charge in [-0.25, -0.2) is 0 Å². The number of ether oxygens (including phenoxy) is 1. The zero-order chi connectivity index (χ0) is 30.1. The molecular weight excluding hydrogens is 506 g/mol. The fraction of sp³-hybridized carbons (Fsp3) is 0.486. The molecule has 1 N–H and O–H groups in total. The van der Waals surface area contributed by atoms with Crippen molar-refractivity contribution in [1.29, 1.82) is 0 Å². The molecule has 0 bridgehead atoms. The molecule has 222 valence electrons. The van der Waals surface area contributed by atoms with E-state index in [9.17, 15) is 9.90 Å². The molecule has 0 aliphatic rings. The number of benzene rings is 3. The van der Waals surface area contributed by atoms with E-state index in [-0.39, 0.29) is 17.9 Å². The van der Waals surface area contributed by atoms with Crippen LogP contribution in [0.3, 0.4) is 0 Å². The highest BCUT2D eigenvalue weighted by molar-refractivity contribution is 5.73. The third kappa shape index (κ3) is 8.77. The minimum Gasteiger partial charge on any atom is -0.456 e. The second-order valence-corrected chi connectivity index (χ2v) is 12.2. The molecule has 4 nitrogen and oxygen atoms in total. The normalized spacial score (nSPS) is 14.6. The van der Waals surface area contributed by atoms with Crippen LogP contribution < -0.4 is 0 Å². The lowest BCUT2D eigenvalue weighted by atomic mass is 9.89. The van der Waals surface area contributed by atoms with Crippen LogP contribution in [0.15, 0.2) is 66.7 Å². The molecule has 41 heavy (non-hydrogen) atoms. The van der Waals surface area contributed by atoms with Crippen LogP contribution in [0.2, 0.25) is 0 Å². The summed E-state index contributed by atoms with van der Waals surface area (Å²) >= 11 is 0. The van der Waals surface area contributed by atoms with Crippen molar-refractivity contribution in [3.05, 3.63) is 106 Å². The zero-order valence-corrected chi connectivity index (χ0v) is 26.5. The molecule has 4 atom stereocenters. The largest absolute Gasteiger partial charge is 0.456 e. The molecule has 0 saturated heterocycles. The SMILES string of the molecule is CCCC[C@H](C(=O)O[C@H](c1ccccc1)[C@H](C)N(Cc1ccccc1C)Cc1c(C)cc(C)cc1C)[C@@H](O)C(C)C. The molecule has 3 aromatic carbocycles. The van der Waals surface area contributed by atoms with Gasteiger partial charge in [0.05, 0.1) is 12.0 Å². The molecule has 0 unspecified atom stereocenters. The predicted molar refractivity (Wildman–Crippen MR) is 170 cm³/mol. The maximum Gasteiger partial charge on any atom is 0.312 e. The van der Waals surface area contributed by atoms with Gasteiger partial charge in [-0.1, -0.05) is 106 Å². The number of aliphatic hydroxyl groups is 1. The van der Waals surface area contributed by atoms with E-state index in [1.54, 1.807) is 0 Å². The van der Waals surface area contributed by atoms with E-state index in [4.69, 9.17) is 4.74 Å². The van der Waals surface area contributed by atoms with Crippen LogP contribution in [0, 0.1) is 39.5 Å². The Morgan fingerprint density at radius 3 is 2.05 bits per heavy atom. The first-order valence-electron chi connectivity index (χ1n) is 15.3. The lowest BCUT2D eigenvalue weighted by molar-refractivity contribution is -0.164. The van der Waals surface area contributed by atoms with Gasteiger partial charge in [-0.3, -0.25) is 9.69 Å². The van der Waals surface area contributed by atoms with Gasteiger partial charge < -0.3 is 9.84 Å². The number of esters is 1. The van der Waals surface area contributed by atoms with E-state index in [0.717, 1.165) is 31.5 Å². The molecule has 0 aliphatic carbocycles. The van der Waals surface area contributed by atoms with Gasteiger partial charge in [0.2, 0.25) is 0 Å². The number of aliphatic hydroxyl groups excluding tert-OH is 1. The Morgan fingerprint density at radius 1 is 0.854 bits per heavy atom. The molecule has 0 aliphatic heterocycles. The third-order valence-electron chi connectivity index (χ3n) is 8.49. The summed E-state index contributed by atoms with van der Waals surface area (Å²) in [6, 6.07) is 23.0. The summed E-state index contributed by atoms with van der Waals surface area (Å²) in [5.41, 5.74) is 8.60. The Labute approximate surface area is 248 Å². The fourth-order valence-corrected chi connectivity index (χ4v) is 5.82. The molecule has 0 fully saturated rings. The van der Waals surface area contributed by atoms with Gasteiger partial charge in [0, 0.05) is 19.1 Å².